The first-order valence-electron chi connectivity index (χ1n) is 7.44. The summed E-state index contributed by atoms with van der Waals surface area (Å²) in [6.45, 7) is 0.375. The number of methoxy groups -OCH3 is 1. The SMILES string of the molecule is COCCC(=O)Nc1ccc2c(c1)Sc1ncccc1C(=O)N2C. The van der Waals surface area contributed by atoms with Gasteiger partial charge >= 0.3 is 0 Å². The number of nitrogens with zero attached hydrogens (tertiary/aromatic N) is 2. The number of amides is 2. The smallest absolute Gasteiger partial charge is 0.260 e. The predicted molar refractivity (Wildman–Crippen MR) is 92.7 cm³/mol. The largest absolute Gasteiger partial charge is 0.384 e. The second kappa shape index (κ2) is 7.02. The van der Waals surface area contributed by atoms with Crippen molar-refractivity contribution in [3.63, 3.8) is 0 Å². The first-order valence-corrected chi connectivity index (χ1v) is 8.25. The zero-order chi connectivity index (χ0) is 17.1. The number of nitrogens with one attached hydrogen (secondary N) is 1. The average Bonchev–Trinajstić information content (AvgIpc) is 2.69. The molecule has 2 amide bonds. The van der Waals surface area contributed by atoms with E-state index < -0.39 is 0 Å². The molecule has 0 spiro atoms. The fraction of sp³-hybridized carbons (Fsp3) is 0.235. The Balaban J connectivity index is 1.91. The van der Waals surface area contributed by atoms with E-state index in [0.717, 1.165) is 10.6 Å². The Labute approximate surface area is 144 Å². The molecule has 0 fully saturated rings. The van der Waals surface area contributed by atoms with Crippen molar-refractivity contribution in [2.24, 2.45) is 0 Å². The summed E-state index contributed by atoms with van der Waals surface area (Å²) in [6.07, 6.45) is 1.96. The van der Waals surface area contributed by atoms with Gasteiger partial charge in [0.05, 0.1) is 24.3 Å². The summed E-state index contributed by atoms with van der Waals surface area (Å²) in [6, 6.07) is 9.00. The van der Waals surface area contributed by atoms with Crippen molar-refractivity contribution in [1.29, 1.82) is 0 Å². The molecule has 0 atom stereocenters. The third kappa shape index (κ3) is 3.27. The molecule has 1 aromatic carbocycles. The lowest BCUT2D eigenvalue weighted by Gasteiger charge is -2.18. The predicted octanol–water partition coefficient (Wildman–Crippen LogP) is 2.80. The highest BCUT2D eigenvalue weighted by molar-refractivity contribution is 7.99. The van der Waals surface area contributed by atoms with Crippen molar-refractivity contribution < 1.29 is 14.3 Å². The molecule has 7 heteroatoms. The standard InChI is InChI=1S/C17H17N3O3S/c1-20-13-6-5-11(19-15(21)7-9-23-2)10-14(13)24-16-12(17(20)22)4-3-8-18-16/h3-6,8,10H,7,9H2,1-2H3,(H,19,21). The number of hydrogen-bond acceptors (Lipinski definition) is 5. The van der Waals surface area contributed by atoms with Crippen molar-refractivity contribution in [1.82, 2.24) is 4.98 Å². The lowest BCUT2D eigenvalue weighted by molar-refractivity contribution is -0.117. The Kier molecular flexibility index (Phi) is 4.82. The monoisotopic (exact) mass is 343 g/mol. The van der Waals surface area contributed by atoms with Crippen LogP contribution in [0.4, 0.5) is 11.4 Å². The van der Waals surface area contributed by atoms with Gasteiger partial charge in [-0.1, -0.05) is 11.8 Å². The molecule has 24 heavy (non-hydrogen) atoms. The molecule has 124 valence electrons. The number of rotatable bonds is 4. The van der Waals surface area contributed by atoms with Gasteiger partial charge in [-0.2, -0.15) is 0 Å². The number of anilines is 2. The average molecular weight is 343 g/mol. The van der Waals surface area contributed by atoms with Gasteiger partial charge in [0.1, 0.15) is 5.03 Å². The summed E-state index contributed by atoms with van der Waals surface area (Å²) in [5, 5.41) is 3.50. The Hall–Kier alpha value is -2.38. The number of hydrogen-bond donors (Lipinski definition) is 1. The van der Waals surface area contributed by atoms with Crippen LogP contribution in [0.2, 0.25) is 0 Å². The number of carbonyl (C=O) groups is 2. The van der Waals surface area contributed by atoms with Crippen molar-refractivity contribution in [3.8, 4) is 0 Å². The van der Waals surface area contributed by atoms with Crippen LogP contribution in [-0.4, -0.2) is 37.6 Å². The Bertz CT molecular complexity index is 794. The topological polar surface area (TPSA) is 71.5 Å². The van der Waals surface area contributed by atoms with Gasteiger partial charge in [-0.25, -0.2) is 4.98 Å². The van der Waals surface area contributed by atoms with E-state index in [1.54, 1.807) is 43.5 Å². The second-order valence-electron chi connectivity index (χ2n) is 5.30. The molecule has 6 nitrogen and oxygen atoms in total. The fourth-order valence-corrected chi connectivity index (χ4v) is 3.48. The van der Waals surface area contributed by atoms with Gasteiger partial charge in [0, 0.05) is 30.9 Å². The zero-order valence-electron chi connectivity index (χ0n) is 13.4. The van der Waals surface area contributed by atoms with E-state index >= 15 is 0 Å². The van der Waals surface area contributed by atoms with E-state index in [2.05, 4.69) is 10.3 Å². The van der Waals surface area contributed by atoms with Crippen LogP contribution in [0.1, 0.15) is 16.8 Å². The summed E-state index contributed by atoms with van der Waals surface area (Å²) >= 11 is 1.42. The lowest BCUT2D eigenvalue weighted by atomic mass is 10.2. The number of aromatic nitrogens is 1. The quantitative estimate of drug-likeness (QED) is 0.924. The van der Waals surface area contributed by atoms with E-state index in [-0.39, 0.29) is 11.8 Å². The summed E-state index contributed by atoms with van der Waals surface area (Å²) in [5.41, 5.74) is 2.05. The Morgan fingerprint density at radius 3 is 3.00 bits per heavy atom. The zero-order valence-corrected chi connectivity index (χ0v) is 14.2. The molecule has 0 aliphatic carbocycles. The Morgan fingerprint density at radius 2 is 2.21 bits per heavy atom. The van der Waals surface area contributed by atoms with Crippen LogP contribution in [0, 0.1) is 0 Å². The highest BCUT2D eigenvalue weighted by atomic mass is 32.2. The Morgan fingerprint density at radius 1 is 1.38 bits per heavy atom. The van der Waals surface area contributed by atoms with Crippen molar-refractivity contribution in [2.75, 3.05) is 31.0 Å². The maximum atomic E-state index is 12.6. The van der Waals surface area contributed by atoms with Crippen molar-refractivity contribution >= 4 is 35.0 Å². The summed E-state index contributed by atoms with van der Waals surface area (Å²) < 4.78 is 4.90. The minimum atomic E-state index is -0.113. The van der Waals surface area contributed by atoms with Crippen LogP contribution in [0.25, 0.3) is 0 Å². The maximum absolute atomic E-state index is 12.6. The molecule has 1 aromatic heterocycles. The summed E-state index contributed by atoms with van der Waals surface area (Å²) in [7, 11) is 3.30. The normalized spacial score (nSPS) is 13.1. The van der Waals surface area contributed by atoms with Crippen LogP contribution in [0.5, 0.6) is 0 Å². The van der Waals surface area contributed by atoms with Crippen LogP contribution in [0.3, 0.4) is 0 Å². The van der Waals surface area contributed by atoms with Gasteiger partial charge in [-0.15, -0.1) is 0 Å². The molecule has 0 saturated carbocycles. The van der Waals surface area contributed by atoms with Crippen molar-refractivity contribution in [3.05, 3.63) is 42.1 Å². The van der Waals surface area contributed by atoms with Crippen LogP contribution < -0.4 is 10.2 Å². The van der Waals surface area contributed by atoms with Crippen LogP contribution in [0.15, 0.2) is 46.5 Å². The van der Waals surface area contributed by atoms with Crippen molar-refractivity contribution in [2.45, 2.75) is 16.3 Å². The van der Waals surface area contributed by atoms with Crippen LogP contribution >= 0.6 is 11.8 Å². The number of pyridine rings is 1. The summed E-state index contributed by atoms with van der Waals surface area (Å²) in [5.74, 6) is -0.209. The van der Waals surface area contributed by atoms with E-state index in [1.807, 2.05) is 12.1 Å². The summed E-state index contributed by atoms with van der Waals surface area (Å²) in [4.78, 5) is 31.2. The second-order valence-corrected chi connectivity index (χ2v) is 6.33. The lowest BCUT2D eigenvalue weighted by Crippen LogP contribution is -2.26. The van der Waals surface area contributed by atoms with Gasteiger partial charge < -0.3 is 15.0 Å². The van der Waals surface area contributed by atoms with Gasteiger partial charge in [0.25, 0.3) is 5.91 Å². The van der Waals surface area contributed by atoms with Crippen LogP contribution in [-0.2, 0) is 9.53 Å². The number of fused-ring (bicyclic) bond motifs is 2. The van der Waals surface area contributed by atoms with Gasteiger partial charge in [-0.05, 0) is 30.3 Å². The first-order chi connectivity index (χ1) is 11.6. The molecule has 0 unspecified atom stereocenters. The molecule has 2 aromatic rings. The molecule has 2 heterocycles. The number of carbonyl (C=O) groups excluding carboxylic acids is 2. The van der Waals surface area contributed by atoms with Gasteiger partial charge in [-0.3, -0.25) is 9.59 Å². The number of benzene rings is 1. The number of ether oxygens (including phenoxy) is 1. The molecular weight excluding hydrogens is 326 g/mol. The van der Waals surface area contributed by atoms with E-state index in [1.165, 1.54) is 11.8 Å². The minimum absolute atomic E-state index is 0.0961. The molecule has 1 aliphatic rings. The first kappa shape index (κ1) is 16.5. The third-order valence-electron chi connectivity index (χ3n) is 3.65. The highest BCUT2D eigenvalue weighted by Gasteiger charge is 2.25. The molecule has 1 N–H and O–H groups in total. The molecule has 1 aliphatic heterocycles. The molecule has 0 saturated heterocycles. The van der Waals surface area contributed by atoms with Gasteiger partial charge in [0.15, 0.2) is 0 Å². The molecule has 0 bridgehead atoms. The molecule has 0 radical (unpaired) electrons. The molecular formula is C17H17N3O3S. The van der Waals surface area contributed by atoms with Gasteiger partial charge in [0.2, 0.25) is 5.91 Å². The fourth-order valence-electron chi connectivity index (χ4n) is 2.40. The van der Waals surface area contributed by atoms with E-state index in [0.29, 0.717) is 29.3 Å². The highest BCUT2D eigenvalue weighted by Crippen LogP contribution is 2.40. The molecule has 3 rings (SSSR count). The van der Waals surface area contributed by atoms with E-state index in [4.69, 9.17) is 4.74 Å². The van der Waals surface area contributed by atoms with E-state index in [9.17, 15) is 9.59 Å². The minimum Gasteiger partial charge on any atom is -0.384 e. The maximum Gasteiger partial charge on any atom is 0.260 e. The third-order valence-corrected chi connectivity index (χ3v) is 4.72.